The van der Waals surface area contributed by atoms with Crippen molar-refractivity contribution in [1.82, 2.24) is 0 Å². The fourth-order valence-corrected chi connectivity index (χ4v) is 2.18. The molecule has 3 heteroatoms. The Bertz CT molecular complexity index is 707. The van der Waals surface area contributed by atoms with Gasteiger partial charge in [-0.3, -0.25) is 0 Å². The molecule has 2 nitrogen and oxygen atoms in total. The summed E-state index contributed by atoms with van der Waals surface area (Å²) < 4.78 is 13.8. The number of hydrogen-bond acceptors (Lipinski definition) is 1. The van der Waals surface area contributed by atoms with E-state index >= 15 is 0 Å². The molecule has 0 aliphatic rings. The Labute approximate surface area is 129 Å². The van der Waals surface area contributed by atoms with Crippen molar-refractivity contribution in [2.24, 2.45) is 0 Å². The molecular weight excluding hydrogens is 279 g/mol. The molecule has 0 aromatic heterocycles. The number of hydrogen-bond donors (Lipinski definition) is 1. The molecule has 0 spiro atoms. The van der Waals surface area contributed by atoms with Gasteiger partial charge >= 0.3 is 5.97 Å². The average molecular weight is 298 g/mol. The molecule has 0 aliphatic heterocycles. The van der Waals surface area contributed by atoms with Gasteiger partial charge in [0.25, 0.3) is 0 Å². The van der Waals surface area contributed by atoms with Crippen LogP contribution < -0.4 is 0 Å². The van der Waals surface area contributed by atoms with Crippen LogP contribution >= 0.6 is 0 Å². The number of aliphatic carboxylic acids is 1. The summed E-state index contributed by atoms with van der Waals surface area (Å²) in [7, 11) is 0. The Kier molecular flexibility index (Phi) is 4.45. The third-order valence-corrected chi connectivity index (χ3v) is 3.48. The number of benzene rings is 2. The second-order valence-electron chi connectivity index (χ2n) is 6.22. The molecule has 0 saturated carbocycles. The second kappa shape index (κ2) is 6.14. The molecule has 0 unspecified atom stereocenters. The van der Waals surface area contributed by atoms with E-state index < -0.39 is 11.8 Å². The van der Waals surface area contributed by atoms with Crippen LogP contribution in [-0.2, 0) is 10.2 Å². The van der Waals surface area contributed by atoms with E-state index in [1.165, 1.54) is 24.3 Å². The van der Waals surface area contributed by atoms with Gasteiger partial charge in [0.2, 0.25) is 0 Å². The van der Waals surface area contributed by atoms with Crippen molar-refractivity contribution >= 4 is 17.6 Å². The van der Waals surface area contributed by atoms with Crippen molar-refractivity contribution in [2.75, 3.05) is 0 Å². The van der Waals surface area contributed by atoms with Gasteiger partial charge in [-0.05, 0) is 28.7 Å². The maximum absolute atomic E-state index is 13.8. The highest BCUT2D eigenvalue weighted by Crippen LogP contribution is 2.25. The Morgan fingerprint density at radius 1 is 1.05 bits per heavy atom. The Hall–Kier alpha value is -2.42. The molecule has 0 aliphatic carbocycles. The molecule has 0 bridgehead atoms. The molecule has 2 rings (SSSR count). The number of rotatable bonds is 3. The maximum atomic E-state index is 13.8. The van der Waals surface area contributed by atoms with Crippen LogP contribution in [0.15, 0.2) is 48.5 Å². The quantitative estimate of drug-likeness (QED) is 0.656. The van der Waals surface area contributed by atoms with Gasteiger partial charge in [-0.15, -0.1) is 0 Å². The standard InChI is InChI=1S/C19H19FO2/c1-19(2,3)14-10-8-13(9-11-14)12-16(18(21)22)15-6-4-5-7-17(15)20/h4-12H,1-3H3,(H,21,22)/b16-12+. The van der Waals surface area contributed by atoms with E-state index in [4.69, 9.17) is 0 Å². The van der Waals surface area contributed by atoms with Crippen molar-refractivity contribution in [1.29, 1.82) is 0 Å². The largest absolute Gasteiger partial charge is 0.478 e. The van der Waals surface area contributed by atoms with Crippen LogP contribution in [0.5, 0.6) is 0 Å². The van der Waals surface area contributed by atoms with Gasteiger partial charge in [-0.25, -0.2) is 9.18 Å². The molecule has 0 radical (unpaired) electrons. The molecule has 0 heterocycles. The van der Waals surface area contributed by atoms with Crippen molar-refractivity contribution in [3.63, 3.8) is 0 Å². The molecule has 22 heavy (non-hydrogen) atoms. The third-order valence-electron chi connectivity index (χ3n) is 3.48. The van der Waals surface area contributed by atoms with Crippen molar-refractivity contribution < 1.29 is 14.3 Å². The summed E-state index contributed by atoms with van der Waals surface area (Å²) in [6, 6.07) is 13.5. The average Bonchev–Trinajstić information content (AvgIpc) is 2.45. The summed E-state index contributed by atoms with van der Waals surface area (Å²) in [5.41, 5.74) is 1.96. The summed E-state index contributed by atoms with van der Waals surface area (Å²) in [6.07, 6.45) is 1.49. The maximum Gasteiger partial charge on any atom is 0.336 e. The van der Waals surface area contributed by atoms with Crippen molar-refractivity contribution in [2.45, 2.75) is 26.2 Å². The summed E-state index contributed by atoms with van der Waals surface area (Å²) >= 11 is 0. The fraction of sp³-hybridized carbons (Fsp3) is 0.211. The lowest BCUT2D eigenvalue weighted by molar-refractivity contribution is -0.130. The summed E-state index contributed by atoms with van der Waals surface area (Å²) in [5.74, 6) is -1.69. The van der Waals surface area contributed by atoms with Crippen LogP contribution in [0.2, 0.25) is 0 Å². The molecule has 0 atom stereocenters. The molecule has 0 amide bonds. The lowest BCUT2D eigenvalue weighted by atomic mass is 9.86. The molecule has 0 saturated heterocycles. The number of halogens is 1. The molecule has 2 aromatic rings. The Balaban J connectivity index is 2.44. The predicted octanol–water partition coefficient (Wildman–Crippen LogP) is 4.75. The van der Waals surface area contributed by atoms with Gasteiger partial charge in [0.1, 0.15) is 5.82 Å². The molecule has 114 valence electrons. The van der Waals surface area contributed by atoms with E-state index in [9.17, 15) is 14.3 Å². The molecule has 0 fully saturated rings. The molecule has 2 aromatic carbocycles. The second-order valence-corrected chi connectivity index (χ2v) is 6.22. The van der Waals surface area contributed by atoms with E-state index in [1.807, 2.05) is 24.3 Å². The Morgan fingerprint density at radius 3 is 2.14 bits per heavy atom. The van der Waals surface area contributed by atoms with Gasteiger partial charge in [-0.1, -0.05) is 63.2 Å². The van der Waals surface area contributed by atoms with Gasteiger partial charge in [-0.2, -0.15) is 0 Å². The number of carboxylic acid groups (broad SMARTS) is 1. The van der Waals surface area contributed by atoms with E-state index in [-0.39, 0.29) is 16.6 Å². The smallest absolute Gasteiger partial charge is 0.336 e. The highest BCUT2D eigenvalue weighted by atomic mass is 19.1. The van der Waals surface area contributed by atoms with Crippen molar-refractivity contribution in [3.8, 4) is 0 Å². The zero-order valence-electron chi connectivity index (χ0n) is 12.9. The van der Waals surface area contributed by atoms with E-state index in [1.54, 1.807) is 6.07 Å². The first-order valence-corrected chi connectivity index (χ1v) is 7.09. The molecular formula is C19H19FO2. The zero-order valence-corrected chi connectivity index (χ0v) is 12.9. The molecule has 1 N–H and O–H groups in total. The first-order valence-electron chi connectivity index (χ1n) is 7.09. The van der Waals surface area contributed by atoms with E-state index in [2.05, 4.69) is 20.8 Å². The van der Waals surface area contributed by atoms with Gasteiger partial charge in [0, 0.05) is 5.56 Å². The summed E-state index contributed by atoms with van der Waals surface area (Å²) in [4.78, 5) is 11.4. The van der Waals surface area contributed by atoms with Crippen LogP contribution in [-0.4, -0.2) is 11.1 Å². The van der Waals surface area contributed by atoms with E-state index in [0.29, 0.717) is 0 Å². The van der Waals surface area contributed by atoms with Crippen LogP contribution in [0.4, 0.5) is 4.39 Å². The van der Waals surface area contributed by atoms with Gasteiger partial charge in [0.05, 0.1) is 5.57 Å². The van der Waals surface area contributed by atoms with Crippen molar-refractivity contribution in [3.05, 3.63) is 71.0 Å². The minimum atomic E-state index is -1.15. The summed E-state index contributed by atoms with van der Waals surface area (Å²) in [5, 5.41) is 9.36. The van der Waals surface area contributed by atoms with E-state index in [0.717, 1.165) is 11.1 Å². The number of carboxylic acids is 1. The lowest BCUT2D eigenvalue weighted by Gasteiger charge is -2.18. The fourth-order valence-electron chi connectivity index (χ4n) is 2.18. The SMILES string of the molecule is CC(C)(C)c1ccc(/C=C(/C(=O)O)c2ccccc2F)cc1. The highest BCUT2D eigenvalue weighted by Gasteiger charge is 2.15. The predicted molar refractivity (Wildman–Crippen MR) is 87.0 cm³/mol. The van der Waals surface area contributed by atoms with Crippen LogP contribution in [0.3, 0.4) is 0 Å². The minimum absolute atomic E-state index is 0.0312. The topological polar surface area (TPSA) is 37.3 Å². The normalized spacial score (nSPS) is 12.3. The third kappa shape index (κ3) is 3.61. The first-order chi connectivity index (χ1) is 10.3. The van der Waals surface area contributed by atoms with Crippen LogP contribution in [0.1, 0.15) is 37.5 Å². The number of carbonyl (C=O) groups is 1. The first kappa shape index (κ1) is 16.0. The summed E-state index contributed by atoms with van der Waals surface area (Å²) in [6.45, 7) is 6.33. The van der Waals surface area contributed by atoms with Gasteiger partial charge < -0.3 is 5.11 Å². The van der Waals surface area contributed by atoms with Gasteiger partial charge in [0.15, 0.2) is 0 Å². The van der Waals surface area contributed by atoms with Crippen LogP contribution in [0.25, 0.3) is 11.6 Å². The monoisotopic (exact) mass is 298 g/mol. The lowest BCUT2D eigenvalue weighted by Crippen LogP contribution is -2.10. The zero-order chi connectivity index (χ0) is 16.3. The minimum Gasteiger partial charge on any atom is -0.478 e. The van der Waals surface area contributed by atoms with Crippen LogP contribution in [0, 0.1) is 5.82 Å². The Morgan fingerprint density at radius 2 is 1.64 bits per heavy atom. The highest BCUT2D eigenvalue weighted by molar-refractivity contribution is 6.20.